The summed E-state index contributed by atoms with van der Waals surface area (Å²) in [5.41, 5.74) is 1.97. The van der Waals surface area contributed by atoms with Gasteiger partial charge in [0.05, 0.1) is 24.6 Å². The fraction of sp³-hybridized carbons (Fsp3) is 0.444. The highest BCUT2D eigenvalue weighted by molar-refractivity contribution is 5.97. The summed E-state index contributed by atoms with van der Waals surface area (Å²) in [6.45, 7) is 7.60. The first kappa shape index (κ1) is 17.8. The summed E-state index contributed by atoms with van der Waals surface area (Å²) in [5.74, 6) is -0.0218. The number of nitriles is 1. The van der Waals surface area contributed by atoms with Crippen molar-refractivity contribution in [1.29, 1.82) is 5.26 Å². The van der Waals surface area contributed by atoms with Crippen LogP contribution in [0.15, 0.2) is 36.0 Å². The van der Waals surface area contributed by atoms with Gasteiger partial charge in [0.15, 0.2) is 0 Å². The molecule has 6 heteroatoms. The fourth-order valence-electron chi connectivity index (χ4n) is 2.37. The zero-order chi connectivity index (χ0) is 17.4. The SMILES string of the molecule is CC(C)CNC(=O)/C(C#N)=C\Nc1ccccc1N1CCOCC1. The quantitative estimate of drug-likeness (QED) is 0.618. The van der Waals surface area contributed by atoms with Gasteiger partial charge >= 0.3 is 0 Å². The number of morpholine rings is 1. The molecule has 6 nitrogen and oxygen atoms in total. The average Bonchev–Trinajstić information content (AvgIpc) is 2.61. The highest BCUT2D eigenvalue weighted by Gasteiger charge is 2.14. The molecule has 1 aliphatic heterocycles. The summed E-state index contributed by atoms with van der Waals surface area (Å²) < 4.78 is 5.38. The van der Waals surface area contributed by atoms with Crippen LogP contribution in [0, 0.1) is 17.2 Å². The van der Waals surface area contributed by atoms with Crippen molar-refractivity contribution in [2.75, 3.05) is 43.1 Å². The van der Waals surface area contributed by atoms with Crippen molar-refractivity contribution in [2.24, 2.45) is 5.92 Å². The van der Waals surface area contributed by atoms with Gasteiger partial charge in [-0.3, -0.25) is 4.79 Å². The van der Waals surface area contributed by atoms with Crippen LogP contribution in [0.4, 0.5) is 11.4 Å². The average molecular weight is 328 g/mol. The molecule has 0 aliphatic carbocycles. The first-order valence-electron chi connectivity index (χ1n) is 8.18. The first-order chi connectivity index (χ1) is 11.6. The number of benzene rings is 1. The Morgan fingerprint density at radius 2 is 2.08 bits per heavy atom. The third kappa shape index (κ3) is 5.00. The van der Waals surface area contributed by atoms with Crippen LogP contribution in [0.25, 0.3) is 0 Å². The van der Waals surface area contributed by atoms with E-state index >= 15 is 0 Å². The number of ether oxygens (including phenoxy) is 1. The summed E-state index contributed by atoms with van der Waals surface area (Å²) in [5, 5.41) is 15.1. The summed E-state index contributed by atoms with van der Waals surface area (Å²) in [6.07, 6.45) is 1.47. The molecule has 1 aromatic carbocycles. The molecule has 1 saturated heterocycles. The van der Waals surface area contributed by atoms with Crippen LogP contribution in [0.1, 0.15) is 13.8 Å². The van der Waals surface area contributed by atoms with E-state index in [1.54, 1.807) is 0 Å². The molecular formula is C18H24N4O2. The van der Waals surface area contributed by atoms with Gasteiger partial charge in [-0.25, -0.2) is 0 Å². The van der Waals surface area contributed by atoms with Crippen LogP contribution in [0.5, 0.6) is 0 Å². The summed E-state index contributed by atoms with van der Waals surface area (Å²) in [7, 11) is 0. The van der Waals surface area contributed by atoms with Crippen molar-refractivity contribution in [3.63, 3.8) is 0 Å². The highest BCUT2D eigenvalue weighted by Crippen LogP contribution is 2.26. The molecule has 2 rings (SSSR count). The molecule has 1 aliphatic rings. The number of hydrogen-bond acceptors (Lipinski definition) is 5. The zero-order valence-corrected chi connectivity index (χ0v) is 14.2. The van der Waals surface area contributed by atoms with Gasteiger partial charge in [0.25, 0.3) is 5.91 Å². The molecule has 128 valence electrons. The van der Waals surface area contributed by atoms with Crippen LogP contribution < -0.4 is 15.5 Å². The minimum atomic E-state index is -0.359. The molecule has 0 bridgehead atoms. The second kappa shape index (κ2) is 8.94. The molecule has 0 spiro atoms. The van der Waals surface area contributed by atoms with Gasteiger partial charge in [-0.1, -0.05) is 26.0 Å². The van der Waals surface area contributed by atoms with Crippen molar-refractivity contribution >= 4 is 17.3 Å². The Bertz CT molecular complexity index is 628. The van der Waals surface area contributed by atoms with Gasteiger partial charge in [-0.2, -0.15) is 5.26 Å². The smallest absolute Gasteiger partial charge is 0.263 e. The Balaban J connectivity index is 2.09. The van der Waals surface area contributed by atoms with Gasteiger partial charge in [-0.15, -0.1) is 0 Å². The normalized spacial score (nSPS) is 15.1. The number of nitrogens with zero attached hydrogens (tertiary/aromatic N) is 2. The van der Waals surface area contributed by atoms with Crippen LogP contribution in [0.3, 0.4) is 0 Å². The summed E-state index contributed by atoms with van der Waals surface area (Å²) in [6, 6.07) is 9.79. The number of hydrogen-bond donors (Lipinski definition) is 2. The standard InChI is InChI=1S/C18H24N4O2/c1-14(2)12-21-18(23)15(11-19)13-20-16-5-3-4-6-17(16)22-7-9-24-10-8-22/h3-6,13-14,20H,7-10,12H2,1-2H3,(H,21,23)/b15-13-. The van der Waals surface area contributed by atoms with Crippen molar-refractivity contribution in [1.82, 2.24) is 5.32 Å². The third-order valence-corrected chi connectivity index (χ3v) is 3.66. The Morgan fingerprint density at radius 1 is 1.38 bits per heavy atom. The number of rotatable bonds is 6. The van der Waals surface area contributed by atoms with Crippen LogP contribution in [-0.2, 0) is 9.53 Å². The molecule has 24 heavy (non-hydrogen) atoms. The molecule has 0 unspecified atom stereocenters. The lowest BCUT2D eigenvalue weighted by atomic mass is 10.2. The largest absolute Gasteiger partial charge is 0.378 e. The van der Waals surface area contributed by atoms with Crippen LogP contribution in [-0.4, -0.2) is 38.8 Å². The Hall–Kier alpha value is -2.52. The molecule has 2 N–H and O–H groups in total. The van der Waals surface area contributed by atoms with Crippen LogP contribution in [0.2, 0.25) is 0 Å². The molecule has 0 radical (unpaired) electrons. The highest BCUT2D eigenvalue weighted by atomic mass is 16.5. The molecular weight excluding hydrogens is 304 g/mol. The number of nitrogens with one attached hydrogen (secondary N) is 2. The number of amides is 1. The molecule has 1 fully saturated rings. The Labute approximate surface area is 143 Å². The third-order valence-electron chi connectivity index (χ3n) is 3.66. The minimum absolute atomic E-state index is 0.0624. The monoisotopic (exact) mass is 328 g/mol. The van der Waals surface area contributed by atoms with Gasteiger partial charge in [0.2, 0.25) is 0 Å². The molecule has 1 amide bonds. The van der Waals surface area contributed by atoms with Gasteiger partial charge < -0.3 is 20.3 Å². The molecule has 0 saturated carbocycles. The Kier molecular flexibility index (Phi) is 6.64. The zero-order valence-electron chi connectivity index (χ0n) is 14.2. The topological polar surface area (TPSA) is 77.4 Å². The first-order valence-corrected chi connectivity index (χ1v) is 8.18. The van der Waals surface area contributed by atoms with E-state index in [0.717, 1.165) is 24.5 Å². The van der Waals surface area contributed by atoms with Gasteiger partial charge in [-0.05, 0) is 18.1 Å². The number of anilines is 2. The lowest BCUT2D eigenvalue weighted by Crippen LogP contribution is -2.36. The van der Waals surface area contributed by atoms with E-state index in [1.807, 2.05) is 44.2 Å². The van der Waals surface area contributed by atoms with Crippen LogP contribution >= 0.6 is 0 Å². The van der Waals surface area contributed by atoms with E-state index in [0.29, 0.717) is 25.7 Å². The lowest BCUT2D eigenvalue weighted by Gasteiger charge is -2.30. The lowest BCUT2D eigenvalue weighted by molar-refractivity contribution is -0.117. The van der Waals surface area contributed by atoms with E-state index in [1.165, 1.54) is 6.20 Å². The predicted molar refractivity (Wildman–Crippen MR) is 94.6 cm³/mol. The van der Waals surface area contributed by atoms with Crippen molar-refractivity contribution in [3.05, 3.63) is 36.0 Å². The van der Waals surface area contributed by atoms with E-state index < -0.39 is 0 Å². The van der Waals surface area contributed by atoms with E-state index in [-0.39, 0.29) is 11.5 Å². The second-order valence-corrected chi connectivity index (χ2v) is 6.03. The Morgan fingerprint density at radius 3 is 2.75 bits per heavy atom. The molecule has 0 atom stereocenters. The molecule has 0 aromatic heterocycles. The van der Waals surface area contributed by atoms with Crippen molar-refractivity contribution in [2.45, 2.75) is 13.8 Å². The van der Waals surface area contributed by atoms with E-state index in [2.05, 4.69) is 15.5 Å². The van der Waals surface area contributed by atoms with Gasteiger partial charge in [0.1, 0.15) is 11.6 Å². The fourth-order valence-corrected chi connectivity index (χ4v) is 2.37. The minimum Gasteiger partial charge on any atom is -0.378 e. The number of carbonyl (C=O) groups is 1. The summed E-state index contributed by atoms with van der Waals surface area (Å²) >= 11 is 0. The maximum Gasteiger partial charge on any atom is 0.263 e. The van der Waals surface area contributed by atoms with Crippen molar-refractivity contribution < 1.29 is 9.53 Å². The van der Waals surface area contributed by atoms with Gasteiger partial charge in [0, 0.05) is 25.8 Å². The number of para-hydroxylation sites is 2. The maximum absolute atomic E-state index is 12.0. The predicted octanol–water partition coefficient (Wildman–Crippen LogP) is 2.11. The molecule has 1 heterocycles. The van der Waals surface area contributed by atoms with Crippen molar-refractivity contribution in [3.8, 4) is 6.07 Å². The number of carbonyl (C=O) groups excluding carboxylic acids is 1. The summed E-state index contributed by atoms with van der Waals surface area (Å²) in [4.78, 5) is 14.2. The van der Waals surface area contributed by atoms with E-state index in [9.17, 15) is 10.1 Å². The van der Waals surface area contributed by atoms with E-state index in [4.69, 9.17) is 4.74 Å². The maximum atomic E-state index is 12.0. The second-order valence-electron chi connectivity index (χ2n) is 6.03. The molecule has 1 aromatic rings.